The first-order chi connectivity index (χ1) is 19.0. The van der Waals surface area contributed by atoms with Gasteiger partial charge in [-0.15, -0.1) is 12.4 Å². The molecule has 2 amide bonds. The fraction of sp³-hybridized carbons (Fsp3) is 0.500. The predicted octanol–water partition coefficient (Wildman–Crippen LogP) is 3.19. The molecule has 1 saturated carbocycles. The highest BCUT2D eigenvalue weighted by Crippen LogP contribution is 2.31. The van der Waals surface area contributed by atoms with Crippen molar-refractivity contribution in [1.29, 1.82) is 5.41 Å². The van der Waals surface area contributed by atoms with Gasteiger partial charge in [0.2, 0.25) is 21.8 Å². The highest BCUT2D eigenvalue weighted by molar-refractivity contribution is 7.89. The fourth-order valence-electron chi connectivity index (χ4n) is 5.79. The van der Waals surface area contributed by atoms with Gasteiger partial charge in [-0.2, -0.15) is 0 Å². The quantitative estimate of drug-likeness (QED) is 0.197. The zero-order valence-corrected chi connectivity index (χ0v) is 25.4. The number of fused-ring (bicyclic) bond motifs is 1. The van der Waals surface area contributed by atoms with Gasteiger partial charge >= 0.3 is 0 Å². The number of carbonyl (C=O) groups excluding carboxylic acids is 2. The van der Waals surface area contributed by atoms with Crippen LogP contribution in [0.3, 0.4) is 0 Å². The maximum atomic E-state index is 13.7. The van der Waals surface area contributed by atoms with Crippen LogP contribution in [0, 0.1) is 17.2 Å². The number of hydrogen-bond acceptors (Lipinski definition) is 5. The van der Waals surface area contributed by atoms with Gasteiger partial charge in [0.05, 0.1) is 5.75 Å². The Morgan fingerprint density at radius 1 is 1.00 bits per heavy atom. The summed E-state index contributed by atoms with van der Waals surface area (Å²) >= 11 is 0. The summed E-state index contributed by atoms with van der Waals surface area (Å²) in [7, 11) is -3.69. The van der Waals surface area contributed by atoms with E-state index in [2.05, 4.69) is 15.4 Å². The Balaban J connectivity index is 0.00000462. The Morgan fingerprint density at radius 3 is 2.12 bits per heavy atom. The minimum absolute atomic E-state index is 0. The summed E-state index contributed by atoms with van der Waals surface area (Å²) < 4.78 is 28.8. The molecule has 0 radical (unpaired) electrons. The lowest BCUT2D eigenvalue weighted by molar-refractivity contribution is -0.134. The van der Waals surface area contributed by atoms with Crippen molar-refractivity contribution < 1.29 is 18.0 Å². The van der Waals surface area contributed by atoms with Crippen LogP contribution in [0.2, 0.25) is 0 Å². The summed E-state index contributed by atoms with van der Waals surface area (Å²) in [5.41, 5.74) is 7.66. The van der Waals surface area contributed by atoms with Gasteiger partial charge in [-0.3, -0.25) is 15.0 Å². The van der Waals surface area contributed by atoms with Crippen molar-refractivity contribution in [3.05, 3.63) is 70.8 Å². The molecule has 2 aromatic rings. The van der Waals surface area contributed by atoms with Crippen LogP contribution in [0.25, 0.3) is 0 Å². The summed E-state index contributed by atoms with van der Waals surface area (Å²) in [6.07, 6.45) is 5.60. The molecule has 1 atom stereocenters. The van der Waals surface area contributed by atoms with Gasteiger partial charge in [0.25, 0.3) is 0 Å². The molecule has 0 saturated heterocycles. The molecule has 0 heterocycles. The van der Waals surface area contributed by atoms with Crippen molar-refractivity contribution in [1.82, 2.24) is 15.4 Å². The number of nitrogens with two attached hydrogens (primary N) is 1. The molecular weight excluding hydrogens is 562 g/mol. The summed E-state index contributed by atoms with van der Waals surface area (Å²) in [6, 6.07) is 13.7. The minimum Gasteiger partial charge on any atom is -0.384 e. The third kappa shape index (κ3) is 8.30. The summed E-state index contributed by atoms with van der Waals surface area (Å²) in [5.74, 6) is -1.06. The molecule has 6 N–H and O–H groups in total. The van der Waals surface area contributed by atoms with Gasteiger partial charge in [0.1, 0.15) is 17.4 Å². The Bertz CT molecular complexity index is 1320. The molecule has 0 unspecified atom stereocenters. The standard InChI is InChI=1S/C30H41N5O4S.ClH/c1-20(2)26(35-40(38,39)19-22-8-4-3-5-9-22)28(36)34-30(16-24-10-6-7-11-25(24)17-30)29(37)33-18-21-12-14-23(15-13-21)27(31)32;/h6-7,10-15,20,22,26,35H,3-5,8-9,16-19H2,1-2H3,(H3,31,32)(H,33,37)(H,34,36);1H/t26-;/m1./s1. The van der Waals surface area contributed by atoms with Gasteiger partial charge in [-0.1, -0.05) is 81.6 Å². The van der Waals surface area contributed by atoms with Crippen molar-refractivity contribution in [3.63, 3.8) is 0 Å². The minimum atomic E-state index is -3.69. The Morgan fingerprint density at radius 2 is 1.59 bits per heavy atom. The first-order valence-electron chi connectivity index (χ1n) is 14.1. The first kappa shape index (κ1) is 32.6. The second-order valence-electron chi connectivity index (χ2n) is 11.6. The average molecular weight is 604 g/mol. The maximum Gasteiger partial charge on any atom is 0.246 e. The van der Waals surface area contributed by atoms with E-state index < -0.39 is 27.5 Å². The maximum absolute atomic E-state index is 13.7. The van der Waals surface area contributed by atoms with Gasteiger partial charge in [-0.25, -0.2) is 13.1 Å². The average Bonchev–Trinajstić information content (AvgIpc) is 3.30. The van der Waals surface area contributed by atoms with Crippen molar-refractivity contribution in [2.45, 2.75) is 76.9 Å². The second-order valence-corrected chi connectivity index (χ2v) is 13.4. The molecule has 0 aromatic heterocycles. The third-order valence-corrected chi connectivity index (χ3v) is 9.58. The molecule has 0 spiro atoms. The number of rotatable bonds is 11. The van der Waals surface area contributed by atoms with Crippen molar-refractivity contribution in [2.75, 3.05) is 5.75 Å². The van der Waals surface area contributed by atoms with Gasteiger partial charge in [-0.05, 0) is 41.4 Å². The summed E-state index contributed by atoms with van der Waals surface area (Å²) in [5, 5.41) is 13.5. The van der Waals surface area contributed by atoms with Crippen LogP contribution in [0.4, 0.5) is 0 Å². The lowest BCUT2D eigenvalue weighted by Crippen LogP contribution is -2.63. The van der Waals surface area contributed by atoms with E-state index in [-0.39, 0.29) is 48.3 Å². The van der Waals surface area contributed by atoms with Crippen LogP contribution in [0.1, 0.15) is 68.2 Å². The van der Waals surface area contributed by atoms with Crippen molar-refractivity contribution >= 4 is 40.1 Å². The fourth-order valence-corrected chi connectivity index (χ4v) is 7.60. The van der Waals surface area contributed by atoms with Crippen molar-refractivity contribution in [2.24, 2.45) is 17.6 Å². The lowest BCUT2D eigenvalue weighted by atomic mass is 9.91. The molecule has 0 aliphatic heterocycles. The van der Waals surface area contributed by atoms with Crippen LogP contribution >= 0.6 is 12.4 Å². The summed E-state index contributed by atoms with van der Waals surface area (Å²) in [6.45, 7) is 3.83. The van der Waals surface area contributed by atoms with E-state index >= 15 is 0 Å². The van der Waals surface area contributed by atoms with Crippen LogP contribution < -0.4 is 21.1 Å². The highest BCUT2D eigenvalue weighted by Gasteiger charge is 2.46. The Kier molecular flexibility index (Phi) is 11.0. The molecule has 9 nitrogen and oxygen atoms in total. The van der Waals surface area contributed by atoms with E-state index in [1.165, 1.54) is 0 Å². The molecule has 1 fully saturated rings. The van der Waals surface area contributed by atoms with Gasteiger partial charge in [0, 0.05) is 24.9 Å². The number of carbonyl (C=O) groups is 2. The van der Waals surface area contributed by atoms with Crippen LogP contribution in [0.5, 0.6) is 0 Å². The van der Waals surface area contributed by atoms with E-state index in [1.807, 2.05) is 24.3 Å². The molecule has 4 rings (SSSR count). The predicted molar refractivity (Wildman–Crippen MR) is 163 cm³/mol. The number of amidine groups is 1. The first-order valence-corrected chi connectivity index (χ1v) is 15.7. The largest absolute Gasteiger partial charge is 0.384 e. The lowest BCUT2D eigenvalue weighted by Gasteiger charge is -2.32. The molecule has 0 bridgehead atoms. The molecule has 11 heteroatoms. The monoisotopic (exact) mass is 603 g/mol. The Labute approximate surface area is 249 Å². The number of hydrogen-bond donors (Lipinski definition) is 5. The smallest absolute Gasteiger partial charge is 0.246 e. The van der Waals surface area contributed by atoms with E-state index in [0.717, 1.165) is 48.8 Å². The van der Waals surface area contributed by atoms with Crippen LogP contribution in [-0.2, 0) is 39.0 Å². The van der Waals surface area contributed by atoms with Gasteiger partial charge < -0.3 is 16.4 Å². The number of halogens is 1. The normalized spacial score (nSPS) is 17.2. The zero-order valence-electron chi connectivity index (χ0n) is 23.7. The molecule has 2 aliphatic carbocycles. The number of amides is 2. The highest BCUT2D eigenvalue weighted by atomic mass is 35.5. The van der Waals surface area contributed by atoms with E-state index in [9.17, 15) is 18.0 Å². The third-order valence-electron chi connectivity index (χ3n) is 8.05. The molecule has 41 heavy (non-hydrogen) atoms. The molecular formula is C30H42ClN5O4S. The van der Waals surface area contributed by atoms with Crippen LogP contribution in [-0.4, -0.2) is 43.4 Å². The topological polar surface area (TPSA) is 154 Å². The SMILES string of the molecule is CC(C)[C@@H](NS(=O)(=O)CC1CCCCC1)C(=O)NC1(C(=O)NCc2ccc(C(=N)N)cc2)Cc2ccccc2C1.Cl. The summed E-state index contributed by atoms with van der Waals surface area (Å²) in [4.78, 5) is 27.4. The number of sulfonamides is 1. The van der Waals surface area contributed by atoms with Crippen molar-refractivity contribution in [3.8, 4) is 0 Å². The van der Waals surface area contributed by atoms with E-state index in [1.54, 1.807) is 38.1 Å². The van der Waals surface area contributed by atoms with Crippen LogP contribution in [0.15, 0.2) is 48.5 Å². The number of nitrogen functional groups attached to an aromatic ring is 1. The number of nitrogens with one attached hydrogen (secondary N) is 4. The van der Waals surface area contributed by atoms with E-state index in [4.69, 9.17) is 11.1 Å². The second kappa shape index (κ2) is 13.8. The molecule has 2 aromatic carbocycles. The zero-order chi connectivity index (χ0) is 28.9. The Hall–Kier alpha value is -2.95. The van der Waals surface area contributed by atoms with Gasteiger partial charge in [0.15, 0.2) is 0 Å². The number of benzene rings is 2. The molecule has 224 valence electrons. The van der Waals surface area contributed by atoms with E-state index in [0.29, 0.717) is 18.4 Å². The molecule has 2 aliphatic rings.